The Bertz CT molecular complexity index is 1320. The van der Waals surface area contributed by atoms with E-state index in [1.165, 1.54) is 0 Å². The summed E-state index contributed by atoms with van der Waals surface area (Å²) in [6.45, 7) is 2.75. The van der Waals surface area contributed by atoms with Crippen LogP contribution < -0.4 is 9.64 Å². The summed E-state index contributed by atoms with van der Waals surface area (Å²) in [5.74, 6) is 0.864. The molecule has 3 aromatic carbocycles. The number of hydrogen-bond acceptors (Lipinski definition) is 4. The highest BCUT2D eigenvalue weighted by Crippen LogP contribution is 2.31. The van der Waals surface area contributed by atoms with Gasteiger partial charge >= 0.3 is 0 Å². The second-order valence-corrected chi connectivity index (χ2v) is 8.41. The van der Waals surface area contributed by atoms with E-state index in [0.29, 0.717) is 29.4 Å². The average Bonchev–Trinajstić information content (AvgIpc) is 2.88. The van der Waals surface area contributed by atoms with Gasteiger partial charge in [-0.05, 0) is 30.3 Å². The number of halogens is 1. The number of fused-ring (bicyclic) bond motifs is 1. The third kappa shape index (κ3) is 4.12. The van der Waals surface area contributed by atoms with Crippen LogP contribution in [-0.4, -0.2) is 49.1 Å². The van der Waals surface area contributed by atoms with E-state index in [0.717, 1.165) is 41.0 Å². The molecule has 1 aliphatic rings. The van der Waals surface area contributed by atoms with Crippen LogP contribution in [0.1, 0.15) is 10.4 Å². The van der Waals surface area contributed by atoms with Crippen LogP contribution in [-0.2, 0) is 0 Å². The number of pyridine rings is 1. The lowest BCUT2D eigenvalue weighted by molar-refractivity contribution is 0.0748. The van der Waals surface area contributed by atoms with Gasteiger partial charge in [-0.1, -0.05) is 60.1 Å². The Morgan fingerprint density at radius 1 is 0.909 bits per heavy atom. The van der Waals surface area contributed by atoms with Gasteiger partial charge in [-0.3, -0.25) is 4.79 Å². The zero-order chi connectivity index (χ0) is 22.8. The van der Waals surface area contributed by atoms with E-state index in [4.69, 9.17) is 21.3 Å². The summed E-state index contributed by atoms with van der Waals surface area (Å²) in [5, 5.41) is 1.47. The lowest BCUT2D eigenvalue weighted by atomic mass is 10.0. The number of rotatable bonds is 4. The number of anilines is 1. The maximum Gasteiger partial charge on any atom is 0.254 e. The van der Waals surface area contributed by atoms with Gasteiger partial charge in [0.15, 0.2) is 0 Å². The first-order valence-electron chi connectivity index (χ1n) is 11.0. The van der Waals surface area contributed by atoms with Crippen molar-refractivity contribution in [3.05, 3.63) is 89.4 Å². The van der Waals surface area contributed by atoms with Crippen molar-refractivity contribution < 1.29 is 9.53 Å². The number of aromatic nitrogens is 1. The summed E-state index contributed by atoms with van der Waals surface area (Å²) >= 11 is 6.44. The van der Waals surface area contributed by atoms with E-state index in [1.54, 1.807) is 7.11 Å². The first kappa shape index (κ1) is 21.3. The molecule has 4 aromatic rings. The topological polar surface area (TPSA) is 45.7 Å². The zero-order valence-electron chi connectivity index (χ0n) is 18.4. The quantitative estimate of drug-likeness (QED) is 0.404. The molecule has 0 spiro atoms. The van der Waals surface area contributed by atoms with E-state index >= 15 is 0 Å². The molecule has 0 unspecified atom stereocenters. The van der Waals surface area contributed by atoms with Gasteiger partial charge in [0.25, 0.3) is 5.91 Å². The molecule has 0 aliphatic carbocycles. The molecule has 33 heavy (non-hydrogen) atoms. The van der Waals surface area contributed by atoms with Crippen LogP contribution in [0.15, 0.2) is 78.9 Å². The van der Waals surface area contributed by atoms with Crippen LogP contribution in [0.5, 0.6) is 5.75 Å². The number of ether oxygens (including phenoxy) is 1. The molecule has 1 aliphatic heterocycles. The fourth-order valence-corrected chi connectivity index (χ4v) is 4.60. The fourth-order valence-electron chi connectivity index (χ4n) is 4.37. The Morgan fingerprint density at radius 2 is 1.61 bits per heavy atom. The molecule has 0 bridgehead atoms. The SMILES string of the molecule is COc1ccccc1N1CCN(C(=O)c2cc(-c3ccccc3Cl)nc3ccccc23)CC1. The van der Waals surface area contributed by atoms with Crippen molar-refractivity contribution in [3.8, 4) is 17.0 Å². The lowest BCUT2D eigenvalue weighted by Crippen LogP contribution is -2.49. The molecule has 1 saturated heterocycles. The molecule has 1 fully saturated rings. The highest BCUT2D eigenvalue weighted by atomic mass is 35.5. The van der Waals surface area contributed by atoms with E-state index in [2.05, 4.69) is 11.0 Å². The number of hydrogen-bond donors (Lipinski definition) is 0. The van der Waals surface area contributed by atoms with Crippen molar-refractivity contribution in [1.82, 2.24) is 9.88 Å². The number of nitrogens with zero attached hydrogens (tertiary/aromatic N) is 3. The molecule has 0 radical (unpaired) electrons. The summed E-state index contributed by atoms with van der Waals surface area (Å²) < 4.78 is 5.52. The Morgan fingerprint density at radius 3 is 2.39 bits per heavy atom. The maximum absolute atomic E-state index is 13.7. The summed E-state index contributed by atoms with van der Waals surface area (Å²) in [6.07, 6.45) is 0. The number of amides is 1. The minimum atomic E-state index is 0.0154. The van der Waals surface area contributed by atoms with Gasteiger partial charge in [0.2, 0.25) is 0 Å². The molecule has 1 amide bonds. The molecule has 0 saturated carbocycles. The van der Waals surface area contributed by atoms with E-state index in [-0.39, 0.29) is 5.91 Å². The second kappa shape index (κ2) is 9.12. The number of para-hydroxylation sites is 3. The van der Waals surface area contributed by atoms with E-state index < -0.39 is 0 Å². The van der Waals surface area contributed by atoms with Gasteiger partial charge in [0.05, 0.1) is 29.6 Å². The van der Waals surface area contributed by atoms with Gasteiger partial charge < -0.3 is 14.5 Å². The second-order valence-electron chi connectivity index (χ2n) is 8.00. The summed E-state index contributed by atoms with van der Waals surface area (Å²) in [5.41, 5.74) is 4.02. The van der Waals surface area contributed by atoms with Crippen LogP contribution in [0.25, 0.3) is 22.2 Å². The van der Waals surface area contributed by atoms with E-state index in [9.17, 15) is 4.79 Å². The minimum absolute atomic E-state index is 0.0154. The van der Waals surface area contributed by atoms with E-state index in [1.807, 2.05) is 77.7 Å². The molecular weight excluding hydrogens is 434 g/mol. The number of benzene rings is 3. The van der Waals surface area contributed by atoms with Crippen LogP contribution in [0.4, 0.5) is 5.69 Å². The number of piperazine rings is 1. The predicted octanol–water partition coefficient (Wildman–Crippen LogP) is 5.53. The van der Waals surface area contributed by atoms with Gasteiger partial charge in [-0.25, -0.2) is 4.98 Å². The Kier molecular flexibility index (Phi) is 5.88. The first-order chi connectivity index (χ1) is 16.2. The molecule has 166 valence electrons. The normalized spacial score (nSPS) is 13.9. The molecule has 6 heteroatoms. The third-order valence-corrected chi connectivity index (χ3v) is 6.42. The molecule has 5 nitrogen and oxygen atoms in total. The molecular formula is C27H24ClN3O2. The maximum atomic E-state index is 13.7. The van der Waals surface area contributed by atoms with Crippen LogP contribution in [0.2, 0.25) is 5.02 Å². The Hall–Kier alpha value is -3.57. The van der Waals surface area contributed by atoms with Crippen LogP contribution in [0.3, 0.4) is 0 Å². The zero-order valence-corrected chi connectivity index (χ0v) is 19.1. The Labute approximate surface area is 198 Å². The largest absolute Gasteiger partial charge is 0.495 e. The summed E-state index contributed by atoms with van der Waals surface area (Å²) in [4.78, 5) is 22.6. The van der Waals surface area contributed by atoms with Crippen molar-refractivity contribution in [2.75, 3.05) is 38.2 Å². The number of methoxy groups -OCH3 is 1. The van der Waals surface area contributed by atoms with Gasteiger partial charge in [-0.15, -0.1) is 0 Å². The third-order valence-electron chi connectivity index (χ3n) is 6.09. The van der Waals surface area contributed by atoms with Crippen molar-refractivity contribution in [1.29, 1.82) is 0 Å². The van der Waals surface area contributed by atoms with Crippen molar-refractivity contribution >= 4 is 34.1 Å². The summed E-state index contributed by atoms with van der Waals surface area (Å²) in [7, 11) is 1.68. The van der Waals surface area contributed by atoms with Crippen molar-refractivity contribution in [3.63, 3.8) is 0 Å². The van der Waals surface area contributed by atoms with Gasteiger partial charge in [0, 0.05) is 42.2 Å². The molecule has 1 aromatic heterocycles. The highest BCUT2D eigenvalue weighted by molar-refractivity contribution is 6.33. The average molecular weight is 458 g/mol. The summed E-state index contributed by atoms with van der Waals surface area (Å²) in [6, 6.07) is 25.2. The van der Waals surface area contributed by atoms with Crippen LogP contribution >= 0.6 is 11.6 Å². The number of carbonyl (C=O) groups is 1. The first-order valence-corrected chi connectivity index (χ1v) is 11.4. The fraction of sp³-hybridized carbons (Fsp3) is 0.185. The molecule has 2 heterocycles. The minimum Gasteiger partial charge on any atom is -0.495 e. The lowest BCUT2D eigenvalue weighted by Gasteiger charge is -2.36. The number of carbonyl (C=O) groups excluding carboxylic acids is 1. The van der Waals surface area contributed by atoms with Crippen molar-refractivity contribution in [2.24, 2.45) is 0 Å². The van der Waals surface area contributed by atoms with Gasteiger partial charge in [0.1, 0.15) is 5.75 Å². The van der Waals surface area contributed by atoms with Crippen LogP contribution in [0, 0.1) is 0 Å². The molecule has 0 atom stereocenters. The highest BCUT2D eigenvalue weighted by Gasteiger charge is 2.25. The van der Waals surface area contributed by atoms with Crippen molar-refractivity contribution in [2.45, 2.75) is 0 Å². The Balaban J connectivity index is 1.45. The predicted molar refractivity (Wildman–Crippen MR) is 133 cm³/mol. The molecule has 0 N–H and O–H groups in total. The monoisotopic (exact) mass is 457 g/mol. The standard InChI is InChI=1S/C27H24ClN3O2/c1-33-26-13-7-6-12-25(26)30-14-16-31(17-15-30)27(32)21-18-24(20-9-2-4-10-22(20)28)29-23-11-5-3-8-19(21)23/h2-13,18H,14-17H2,1H3. The molecule has 5 rings (SSSR count). The van der Waals surface area contributed by atoms with Gasteiger partial charge in [-0.2, -0.15) is 0 Å². The smallest absolute Gasteiger partial charge is 0.254 e.